The molecule has 0 heterocycles. The molecule has 104 valence electrons. The van der Waals surface area contributed by atoms with E-state index in [0.29, 0.717) is 11.1 Å². The maximum absolute atomic E-state index is 13.6. The molecule has 0 saturated carbocycles. The molecule has 0 spiro atoms. The Kier molecular flexibility index (Phi) is 4.94. The third-order valence-electron chi connectivity index (χ3n) is 2.88. The largest absolute Gasteiger partial charge is 0.348 e. The summed E-state index contributed by atoms with van der Waals surface area (Å²) >= 11 is 6.67. The number of aryl methyl sites for hydroxylation is 1. The Hall–Kier alpha value is -1.20. The molecule has 0 aliphatic rings. The van der Waals surface area contributed by atoms with Crippen LogP contribution in [0.1, 0.15) is 21.5 Å². The average molecular weight is 401 g/mol. The van der Waals surface area contributed by atoms with Crippen LogP contribution in [-0.4, -0.2) is 5.91 Å². The van der Waals surface area contributed by atoms with E-state index in [1.807, 2.05) is 19.1 Å². The van der Waals surface area contributed by atoms with Crippen molar-refractivity contribution < 1.29 is 9.18 Å². The molecule has 0 aliphatic carbocycles. The molecule has 0 atom stereocenters. The molecule has 5 heteroatoms. The first-order valence-corrected chi connectivity index (χ1v) is 7.55. The molecular weight excluding hydrogens is 389 g/mol. The van der Waals surface area contributed by atoms with E-state index in [4.69, 9.17) is 0 Å². The Morgan fingerprint density at radius 3 is 2.75 bits per heavy atom. The number of benzene rings is 2. The minimum Gasteiger partial charge on any atom is -0.348 e. The summed E-state index contributed by atoms with van der Waals surface area (Å²) in [4.78, 5) is 12.1. The number of rotatable bonds is 3. The zero-order valence-corrected chi connectivity index (χ0v) is 13.9. The summed E-state index contributed by atoms with van der Waals surface area (Å²) in [5, 5.41) is 2.72. The van der Waals surface area contributed by atoms with Gasteiger partial charge in [0.25, 0.3) is 5.91 Å². The topological polar surface area (TPSA) is 29.1 Å². The number of carbonyl (C=O) groups excluding carboxylic acids is 1. The van der Waals surface area contributed by atoms with Gasteiger partial charge in [0.05, 0.1) is 5.56 Å². The molecule has 2 aromatic carbocycles. The zero-order chi connectivity index (χ0) is 14.7. The second-order valence-corrected chi connectivity index (χ2v) is 6.06. The van der Waals surface area contributed by atoms with E-state index in [0.717, 1.165) is 14.5 Å². The molecule has 0 unspecified atom stereocenters. The van der Waals surface area contributed by atoms with Gasteiger partial charge in [-0.05, 0) is 52.7 Å². The first-order valence-electron chi connectivity index (χ1n) is 5.96. The normalized spacial score (nSPS) is 10.4. The molecule has 2 rings (SSSR count). The van der Waals surface area contributed by atoms with E-state index in [1.54, 1.807) is 18.2 Å². The van der Waals surface area contributed by atoms with Gasteiger partial charge in [-0.3, -0.25) is 4.79 Å². The summed E-state index contributed by atoms with van der Waals surface area (Å²) in [7, 11) is 0. The van der Waals surface area contributed by atoms with Crippen LogP contribution < -0.4 is 5.32 Å². The van der Waals surface area contributed by atoms with Gasteiger partial charge >= 0.3 is 0 Å². The predicted molar refractivity (Wildman–Crippen MR) is 84.1 cm³/mol. The van der Waals surface area contributed by atoms with Crippen LogP contribution in [0.2, 0.25) is 0 Å². The highest BCUT2D eigenvalue weighted by Gasteiger charge is 2.12. The van der Waals surface area contributed by atoms with Gasteiger partial charge in [0.15, 0.2) is 0 Å². The summed E-state index contributed by atoms with van der Waals surface area (Å²) in [5.41, 5.74) is 1.96. The van der Waals surface area contributed by atoms with Crippen molar-refractivity contribution in [2.24, 2.45) is 0 Å². The molecule has 0 fully saturated rings. The smallest absolute Gasteiger partial charge is 0.252 e. The van der Waals surface area contributed by atoms with E-state index in [2.05, 4.69) is 37.2 Å². The van der Waals surface area contributed by atoms with E-state index in [-0.39, 0.29) is 18.3 Å². The van der Waals surface area contributed by atoms with Crippen LogP contribution in [0.3, 0.4) is 0 Å². The number of hydrogen-bond acceptors (Lipinski definition) is 1. The highest BCUT2D eigenvalue weighted by atomic mass is 79.9. The first kappa shape index (κ1) is 15.2. The van der Waals surface area contributed by atoms with Crippen LogP contribution in [-0.2, 0) is 6.54 Å². The molecule has 0 aliphatic heterocycles. The van der Waals surface area contributed by atoms with Crippen molar-refractivity contribution in [2.75, 3.05) is 0 Å². The SMILES string of the molecule is Cc1cccc(C(=O)NCc2cc(Br)ccc2F)c1Br. The standard InChI is InChI=1S/C15H12Br2FNO/c1-9-3-2-4-12(14(9)17)15(20)19-8-10-7-11(16)5-6-13(10)18/h2-7H,8H2,1H3,(H,19,20). The van der Waals surface area contributed by atoms with Gasteiger partial charge in [-0.2, -0.15) is 0 Å². The fraction of sp³-hybridized carbons (Fsp3) is 0.133. The molecule has 0 saturated heterocycles. The third kappa shape index (κ3) is 3.46. The molecule has 1 N–H and O–H groups in total. The van der Waals surface area contributed by atoms with Crippen LogP contribution in [0.15, 0.2) is 45.3 Å². The van der Waals surface area contributed by atoms with Crippen molar-refractivity contribution in [3.8, 4) is 0 Å². The summed E-state index contributed by atoms with van der Waals surface area (Å²) in [6.07, 6.45) is 0. The van der Waals surface area contributed by atoms with Gasteiger partial charge in [0.1, 0.15) is 5.82 Å². The maximum Gasteiger partial charge on any atom is 0.252 e. The van der Waals surface area contributed by atoms with Crippen molar-refractivity contribution in [1.29, 1.82) is 0 Å². The summed E-state index contributed by atoms with van der Waals surface area (Å²) < 4.78 is 15.1. The maximum atomic E-state index is 13.6. The van der Waals surface area contributed by atoms with Crippen LogP contribution in [0.5, 0.6) is 0 Å². The number of nitrogens with one attached hydrogen (secondary N) is 1. The molecular formula is C15H12Br2FNO. The number of amides is 1. The van der Waals surface area contributed by atoms with Gasteiger partial charge in [0, 0.05) is 21.1 Å². The van der Waals surface area contributed by atoms with Crippen molar-refractivity contribution in [1.82, 2.24) is 5.32 Å². The summed E-state index contributed by atoms with van der Waals surface area (Å²) in [5.74, 6) is -0.572. The highest BCUT2D eigenvalue weighted by Crippen LogP contribution is 2.21. The van der Waals surface area contributed by atoms with Crippen LogP contribution in [0.4, 0.5) is 4.39 Å². The minimum atomic E-state index is -0.336. The zero-order valence-electron chi connectivity index (χ0n) is 10.7. The van der Waals surface area contributed by atoms with Gasteiger partial charge in [-0.15, -0.1) is 0 Å². The van der Waals surface area contributed by atoms with E-state index < -0.39 is 0 Å². The lowest BCUT2D eigenvalue weighted by Crippen LogP contribution is -2.23. The fourth-order valence-electron chi connectivity index (χ4n) is 1.77. The van der Waals surface area contributed by atoms with Crippen LogP contribution >= 0.6 is 31.9 Å². The summed E-state index contributed by atoms with van der Waals surface area (Å²) in [6.45, 7) is 2.05. The molecule has 0 radical (unpaired) electrons. The van der Waals surface area contributed by atoms with Crippen LogP contribution in [0.25, 0.3) is 0 Å². The average Bonchev–Trinajstić information content (AvgIpc) is 2.42. The Labute approximate surface area is 133 Å². The fourth-order valence-corrected chi connectivity index (χ4v) is 2.63. The van der Waals surface area contributed by atoms with Crippen molar-refractivity contribution >= 4 is 37.8 Å². The quantitative estimate of drug-likeness (QED) is 0.802. The predicted octanol–water partition coefficient (Wildman–Crippen LogP) is 4.59. The van der Waals surface area contributed by atoms with Gasteiger partial charge in [0.2, 0.25) is 0 Å². The number of hydrogen-bond donors (Lipinski definition) is 1. The van der Waals surface area contributed by atoms with E-state index >= 15 is 0 Å². The van der Waals surface area contributed by atoms with Gasteiger partial charge < -0.3 is 5.32 Å². The second-order valence-electron chi connectivity index (χ2n) is 4.35. The van der Waals surface area contributed by atoms with Crippen molar-refractivity contribution in [3.63, 3.8) is 0 Å². The lowest BCUT2D eigenvalue weighted by atomic mass is 10.1. The third-order valence-corrected chi connectivity index (χ3v) is 4.43. The highest BCUT2D eigenvalue weighted by molar-refractivity contribution is 9.10. The molecule has 0 aromatic heterocycles. The Balaban J connectivity index is 2.13. The second kappa shape index (κ2) is 6.50. The van der Waals surface area contributed by atoms with Gasteiger partial charge in [-0.1, -0.05) is 28.1 Å². The van der Waals surface area contributed by atoms with Crippen molar-refractivity contribution in [2.45, 2.75) is 13.5 Å². The molecule has 20 heavy (non-hydrogen) atoms. The Morgan fingerprint density at radius 2 is 2.00 bits per heavy atom. The Bertz CT molecular complexity index is 658. The lowest BCUT2D eigenvalue weighted by molar-refractivity contribution is 0.0949. The van der Waals surface area contributed by atoms with Crippen molar-refractivity contribution in [3.05, 3.63) is 67.9 Å². The van der Waals surface area contributed by atoms with Gasteiger partial charge in [-0.25, -0.2) is 4.39 Å². The molecule has 2 nitrogen and oxygen atoms in total. The molecule has 2 aromatic rings. The number of halogens is 3. The molecule has 1 amide bonds. The first-order chi connectivity index (χ1) is 9.49. The Morgan fingerprint density at radius 1 is 1.25 bits per heavy atom. The van der Waals surface area contributed by atoms with E-state index in [9.17, 15) is 9.18 Å². The molecule has 0 bridgehead atoms. The summed E-state index contributed by atoms with van der Waals surface area (Å²) in [6, 6.07) is 10.1. The van der Waals surface area contributed by atoms with E-state index in [1.165, 1.54) is 6.07 Å². The number of carbonyl (C=O) groups is 1. The minimum absolute atomic E-state index is 0.143. The monoisotopic (exact) mass is 399 g/mol. The van der Waals surface area contributed by atoms with Crippen LogP contribution in [0, 0.1) is 12.7 Å². The lowest BCUT2D eigenvalue weighted by Gasteiger charge is -2.09.